The topological polar surface area (TPSA) is 222 Å². The average Bonchev–Trinajstić information content (AvgIpc) is 2.89. The van der Waals surface area contributed by atoms with Crippen molar-refractivity contribution in [2.75, 3.05) is 24.7 Å². The Hall–Kier alpha value is -4.95. The normalized spacial score (nSPS) is 12.8. The Labute approximate surface area is 253 Å². The highest BCUT2D eigenvalue weighted by Crippen LogP contribution is 2.29. The standard InChI is InChI=1S/C29H39FN4O10/c1-28(2,3)43-26(39)33-18(24(35)36)14-41-20-10-6-8-16(22(20)31)12-13-29(4,5)44-27(40)34-19(25(37)38)15-42-21-11-7-9-17(30)23(21)32/h6-11,18-19H,12-15,31-32H2,1-5H3,(H,33,39)(H,34,40)(H,35,36)(H,37,38)/t18-,19-/m0/s1. The molecule has 15 heteroatoms. The second kappa shape index (κ2) is 15.0. The first-order chi connectivity index (χ1) is 20.4. The maximum Gasteiger partial charge on any atom is 0.408 e. The van der Waals surface area contributed by atoms with Gasteiger partial charge in [-0.25, -0.2) is 23.6 Å². The minimum atomic E-state index is -1.52. The molecular formula is C29H39FN4O10. The number of halogens is 1. The van der Waals surface area contributed by atoms with Gasteiger partial charge >= 0.3 is 24.1 Å². The van der Waals surface area contributed by atoms with E-state index in [0.29, 0.717) is 12.0 Å². The lowest BCUT2D eigenvalue weighted by Gasteiger charge is -2.27. The second-order valence-corrected chi connectivity index (χ2v) is 11.3. The number of nitrogens with one attached hydrogen (secondary N) is 2. The zero-order valence-electron chi connectivity index (χ0n) is 25.1. The number of benzene rings is 2. The predicted octanol–water partition coefficient (Wildman–Crippen LogP) is 3.32. The molecule has 0 aliphatic carbocycles. The summed E-state index contributed by atoms with van der Waals surface area (Å²) in [5.41, 5.74) is 10.4. The van der Waals surface area contributed by atoms with Crippen LogP contribution in [-0.2, 0) is 25.5 Å². The highest BCUT2D eigenvalue weighted by Gasteiger charge is 2.29. The molecule has 242 valence electrons. The number of hydrogen-bond donors (Lipinski definition) is 6. The Morgan fingerprint density at radius 2 is 1.27 bits per heavy atom. The van der Waals surface area contributed by atoms with Gasteiger partial charge in [-0.05, 0) is 71.2 Å². The van der Waals surface area contributed by atoms with Gasteiger partial charge in [0.25, 0.3) is 0 Å². The predicted molar refractivity (Wildman–Crippen MR) is 157 cm³/mol. The summed E-state index contributed by atoms with van der Waals surface area (Å²) in [6.45, 7) is 7.17. The van der Waals surface area contributed by atoms with Crippen LogP contribution in [0, 0.1) is 5.82 Å². The molecule has 2 aromatic carbocycles. The van der Waals surface area contributed by atoms with Crippen molar-refractivity contribution in [1.82, 2.24) is 10.6 Å². The van der Waals surface area contributed by atoms with E-state index in [1.54, 1.807) is 46.8 Å². The van der Waals surface area contributed by atoms with E-state index in [2.05, 4.69) is 10.6 Å². The van der Waals surface area contributed by atoms with Crippen LogP contribution in [0.1, 0.15) is 46.6 Å². The molecule has 0 saturated carbocycles. The first-order valence-corrected chi connectivity index (χ1v) is 13.5. The van der Waals surface area contributed by atoms with E-state index in [0.717, 1.165) is 6.07 Å². The number of carboxylic acids is 2. The van der Waals surface area contributed by atoms with Crippen LogP contribution >= 0.6 is 0 Å². The summed E-state index contributed by atoms with van der Waals surface area (Å²) in [5.74, 6) is -3.38. The zero-order valence-corrected chi connectivity index (χ0v) is 25.1. The molecule has 2 rings (SSSR count). The zero-order chi connectivity index (χ0) is 33.2. The van der Waals surface area contributed by atoms with Crippen molar-refractivity contribution in [3.63, 3.8) is 0 Å². The Morgan fingerprint density at radius 3 is 1.77 bits per heavy atom. The molecule has 0 bridgehead atoms. The van der Waals surface area contributed by atoms with Crippen molar-refractivity contribution in [2.24, 2.45) is 0 Å². The van der Waals surface area contributed by atoms with Gasteiger partial charge in [-0.2, -0.15) is 0 Å². The lowest BCUT2D eigenvalue weighted by Crippen LogP contribution is -2.47. The smallest absolute Gasteiger partial charge is 0.408 e. The van der Waals surface area contributed by atoms with Gasteiger partial charge in [0.15, 0.2) is 12.1 Å². The van der Waals surface area contributed by atoms with Crippen LogP contribution in [0.4, 0.5) is 25.4 Å². The van der Waals surface area contributed by atoms with Crippen LogP contribution in [0.15, 0.2) is 36.4 Å². The SMILES string of the molecule is CC(C)(C)OC(=O)N[C@@H](COc1cccc(CCC(C)(C)OC(=O)N[C@@H](COc2cccc(F)c2N)C(=O)O)c1N)C(=O)O. The van der Waals surface area contributed by atoms with Crippen LogP contribution in [0.2, 0.25) is 0 Å². The minimum Gasteiger partial charge on any atom is -0.489 e. The molecule has 2 aromatic rings. The fraction of sp³-hybridized carbons (Fsp3) is 0.448. The van der Waals surface area contributed by atoms with Crippen molar-refractivity contribution in [3.05, 3.63) is 47.8 Å². The number of para-hydroxylation sites is 2. The summed E-state index contributed by atoms with van der Waals surface area (Å²) in [7, 11) is 0. The summed E-state index contributed by atoms with van der Waals surface area (Å²) in [5, 5.41) is 23.4. The summed E-state index contributed by atoms with van der Waals surface area (Å²) >= 11 is 0. The van der Waals surface area contributed by atoms with Crippen molar-refractivity contribution < 1.29 is 52.7 Å². The molecule has 0 unspecified atom stereocenters. The molecule has 0 saturated heterocycles. The number of nitrogen functional groups attached to an aromatic ring is 2. The van der Waals surface area contributed by atoms with E-state index in [1.165, 1.54) is 18.2 Å². The third kappa shape index (κ3) is 11.4. The molecule has 0 aromatic heterocycles. The van der Waals surface area contributed by atoms with E-state index in [4.69, 9.17) is 30.4 Å². The highest BCUT2D eigenvalue weighted by molar-refractivity contribution is 5.81. The first kappa shape index (κ1) is 35.2. The van der Waals surface area contributed by atoms with Crippen LogP contribution in [-0.4, -0.2) is 70.8 Å². The van der Waals surface area contributed by atoms with Gasteiger partial charge in [-0.1, -0.05) is 18.2 Å². The molecule has 8 N–H and O–H groups in total. The van der Waals surface area contributed by atoms with E-state index in [1.807, 2.05) is 0 Å². The number of carbonyl (C=O) groups is 4. The summed E-state index contributed by atoms with van der Waals surface area (Å²) in [6.07, 6.45) is -1.40. The van der Waals surface area contributed by atoms with E-state index in [-0.39, 0.29) is 29.3 Å². The number of rotatable bonds is 14. The van der Waals surface area contributed by atoms with Crippen molar-refractivity contribution >= 4 is 35.5 Å². The Bertz CT molecular complexity index is 1350. The maximum atomic E-state index is 13.6. The van der Waals surface area contributed by atoms with Crippen LogP contribution in [0.5, 0.6) is 11.5 Å². The molecule has 0 heterocycles. The van der Waals surface area contributed by atoms with E-state index in [9.17, 15) is 33.8 Å². The Kier molecular flexibility index (Phi) is 12.0. The molecule has 0 spiro atoms. The lowest BCUT2D eigenvalue weighted by atomic mass is 9.97. The Morgan fingerprint density at radius 1 is 0.795 bits per heavy atom. The number of ether oxygens (including phenoxy) is 4. The van der Waals surface area contributed by atoms with Gasteiger partial charge < -0.3 is 51.3 Å². The highest BCUT2D eigenvalue weighted by atomic mass is 19.1. The molecule has 2 amide bonds. The van der Waals surface area contributed by atoms with E-state index < -0.39 is 66.4 Å². The van der Waals surface area contributed by atoms with Crippen LogP contribution < -0.4 is 31.6 Å². The molecule has 44 heavy (non-hydrogen) atoms. The molecule has 0 aliphatic heterocycles. The summed E-state index contributed by atoms with van der Waals surface area (Å²) in [4.78, 5) is 47.8. The fourth-order valence-electron chi connectivity index (χ4n) is 3.63. The number of carboxylic acid groups (broad SMARTS) is 2. The number of amides is 2. The maximum absolute atomic E-state index is 13.6. The summed E-state index contributed by atoms with van der Waals surface area (Å²) in [6, 6.07) is 5.76. The van der Waals surface area contributed by atoms with Gasteiger partial charge in [0.1, 0.15) is 47.4 Å². The van der Waals surface area contributed by atoms with E-state index >= 15 is 0 Å². The Balaban J connectivity index is 1.96. The number of carbonyl (C=O) groups excluding carboxylic acids is 2. The van der Waals surface area contributed by atoms with Crippen molar-refractivity contribution in [2.45, 2.75) is 70.7 Å². The van der Waals surface area contributed by atoms with Crippen molar-refractivity contribution in [1.29, 1.82) is 0 Å². The number of anilines is 2. The quantitative estimate of drug-likeness (QED) is 0.167. The van der Waals surface area contributed by atoms with Gasteiger partial charge in [-0.15, -0.1) is 0 Å². The summed E-state index contributed by atoms with van der Waals surface area (Å²) < 4.78 is 35.0. The largest absolute Gasteiger partial charge is 0.489 e. The molecule has 2 atom stereocenters. The van der Waals surface area contributed by atoms with Gasteiger partial charge in [0.2, 0.25) is 0 Å². The fourth-order valence-corrected chi connectivity index (χ4v) is 3.63. The number of nitrogens with two attached hydrogens (primary N) is 2. The van der Waals surface area contributed by atoms with Gasteiger partial charge in [-0.3, -0.25) is 0 Å². The first-order valence-electron chi connectivity index (χ1n) is 13.5. The number of aryl methyl sites for hydroxylation is 1. The van der Waals surface area contributed by atoms with Gasteiger partial charge in [0, 0.05) is 0 Å². The molecule has 0 aliphatic rings. The third-order valence-corrected chi connectivity index (χ3v) is 5.92. The minimum absolute atomic E-state index is 0.0756. The van der Waals surface area contributed by atoms with Crippen LogP contribution in [0.3, 0.4) is 0 Å². The molecule has 14 nitrogen and oxygen atoms in total. The molecule has 0 fully saturated rings. The average molecular weight is 623 g/mol. The van der Waals surface area contributed by atoms with Crippen LogP contribution in [0.25, 0.3) is 0 Å². The monoisotopic (exact) mass is 622 g/mol. The third-order valence-electron chi connectivity index (χ3n) is 5.92. The lowest BCUT2D eigenvalue weighted by molar-refractivity contribution is -0.141. The number of aliphatic carboxylic acids is 2. The molecular weight excluding hydrogens is 583 g/mol. The van der Waals surface area contributed by atoms with Gasteiger partial charge in [0.05, 0.1) is 5.69 Å². The number of alkyl carbamates (subject to hydrolysis) is 2. The second-order valence-electron chi connectivity index (χ2n) is 11.3. The van der Waals surface area contributed by atoms with Crippen molar-refractivity contribution in [3.8, 4) is 11.5 Å². The molecule has 0 radical (unpaired) electrons. The number of hydrogen-bond acceptors (Lipinski definition) is 10.